The molecule has 60 valence electrons. The van der Waals surface area contributed by atoms with Crippen LogP contribution < -0.4 is 4.98 Å². The van der Waals surface area contributed by atoms with Crippen molar-refractivity contribution in [1.29, 1.82) is 0 Å². The Morgan fingerprint density at radius 3 is 2.27 bits per heavy atom. The fraction of sp³-hybridized carbons (Fsp3) is 0.500. The Morgan fingerprint density at radius 1 is 1.27 bits per heavy atom. The van der Waals surface area contributed by atoms with Gasteiger partial charge in [0.1, 0.15) is 0 Å². The van der Waals surface area contributed by atoms with Crippen LogP contribution in [0, 0.1) is 6.92 Å². The first-order valence-corrected chi connectivity index (χ1v) is 3.99. The summed E-state index contributed by atoms with van der Waals surface area (Å²) < 4.78 is 0. The molecule has 1 aromatic rings. The molecule has 11 heavy (non-hydrogen) atoms. The van der Waals surface area contributed by atoms with Crippen molar-refractivity contribution in [3.8, 4) is 0 Å². The first-order chi connectivity index (χ1) is 5.00. The van der Waals surface area contributed by atoms with Gasteiger partial charge in [-0.15, -0.1) is 0 Å². The maximum atomic E-state index is 3.25. The third-order valence-electron chi connectivity index (χ3n) is 1.77. The molecule has 0 saturated carbocycles. The Bertz CT molecular complexity index is 245. The van der Waals surface area contributed by atoms with Crippen LogP contribution in [-0.2, 0) is 5.41 Å². The summed E-state index contributed by atoms with van der Waals surface area (Å²) in [7, 11) is 0. The molecule has 1 aromatic heterocycles. The van der Waals surface area contributed by atoms with Crippen molar-refractivity contribution < 1.29 is 4.98 Å². The maximum absolute atomic E-state index is 3.25. The van der Waals surface area contributed by atoms with E-state index in [4.69, 9.17) is 0 Å². The van der Waals surface area contributed by atoms with Crippen LogP contribution in [0.1, 0.15) is 32.0 Å². The van der Waals surface area contributed by atoms with Gasteiger partial charge in [0.15, 0.2) is 11.9 Å². The van der Waals surface area contributed by atoms with E-state index < -0.39 is 0 Å². The van der Waals surface area contributed by atoms with Crippen molar-refractivity contribution in [3.05, 3.63) is 29.6 Å². The molecule has 1 heterocycles. The molecule has 0 aliphatic heterocycles. The second-order valence-electron chi connectivity index (χ2n) is 4.03. The molecule has 0 saturated heterocycles. The van der Waals surface area contributed by atoms with Gasteiger partial charge < -0.3 is 0 Å². The number of aryl methyl sites for hydroxylation is 1. The first kappa shape index (κ1) is 8.25. The zero-order chi connectivity index (χ0) is 8.48. The van der Waals surface area contributed by atoms with E-state index >= 15 is 0 Å². The molecule has 0 aliphatic carbocycles. The van der Waals surface area contributed by atoms with Gasteiger partial charge in [0.05, 0.1) is 0 Å². The summed E-state index contributed by atoms with van der Waals surface area (Å²) in [6.07, 6.45) is 2.00. The van der Waals surface area contributed by atoms with Crippen LogP contribution in [0.3, 0.4) is 0 Å². The number of H-pyrrole nitrogens is 1. The minimum Gasteiger partial charge on any atom is -0.215 e. The van der Waals surface area contributed by atoms with Gasteiger partial charge in [0, 0.05) is 17.5 Å². The lowest BCUT2D eigenvalue weighted by atomic mass is 9.91. The van der Waals surface area contributed by atoms with E-state index in [9.17, 15) is 0 Å². The number of pyridine rings is 1. The monoisotopic (exact) mass is 150 g/mol. The van der Waals surface area contributed by atoms with E-state index in [2.05, 4.69) is 44.8 Å². The maximum Gasteiger partial charge on any atom is 0.185 e. The molecule has 0 fully saturated rings. The van der Waals surface area contributed by atoms with E-state index in [1.807, 2.05) is 6.20 Å². The summed E-state index contributed by atoms with van der Waals surface area (Å²) in [6.45, 7) is 8.73. The second kappa shape index (κ2) is 2.65. The van der Waals surface area contributed by atoms with Crippen molar-refractivity contribution in [1.82, 2.24) is 0 Å². The Balaban J connectivity index is 3.06. The number of hydrogen-bond donors (Lipinski definition) is 0. The molecular formula is C10H16N+. The molecule has 0 aromatic carbocycles. The van der Waals surface area contributed by atoms with E-state index in [-0.39, 0.29) is 5.41 Å². The highest BCUT2D eigenvalue weighted by atomic mass is 14.7. The SMILES string of the molecule is Cc1cc[nH+]c(C(C)(C)C)c1. The number of hydrogen-bond acceptors (Lipinski definition) is 0. The molecule has 0 radical (unpaired) electrons. The van der Waals surface area contributed by atoms with Gasteiger partial charge in [-0.1, -0.05) is 20.8 Å². The topological polar surface area (TPSA) is 14.1 Å². The summed E-state index contributed by atoms with van der Waals surface area (Å²) in [5.74, 6) is 0. The third kappa shape index (κ3) is 2.04. The van der Waals surface area contributed by atoms with Gasteiger partial charge in [0.25, 0.3) is 0 Å². The zero-order valence-electron chi connectivity index (χ0n) is 7.73. The van der Waals surface area contributed by atoms with Crippen LogP contribution in [0.25, 0.3) is 0 Å². The summed E-state index contributed by atoms with van der Waals surface area (Å²) in [6, 6.07) is 4.27. The minimum absolute atomic E-state index is 0.228. The summed E-state index contributed by atoms with van der Waals surface area (Å²) in [5, 5.41) is 0. The largest absolute Gasteiger partial charge is 0.215 e. The van der Waals surface area contributed by atoms with Crippen LogP contribution >= 0.6 is 0 Å². The van der Waals surface area contributed by atoms with Crippen LogP contribution in [0.4, 0.5) is 0 Å². The molecule has 1 N–H and O–H groups in total. The van der Waals surface area contributed by atoms with E-state index in [0.717, 1.165) is 0 Å². The molecule has 1 nitrogen and oxygen atoms in total. The number of aromatic amines is 1. The van der Waals surface area contributed by atoms with Crippen molar-refractivity contribution in [2.24, 2.45) is 0 Å². The Hall–Kier alpha value is -0.850. The molecule has 0 bridgehead atoms. The van der Waals surface area contributed by atoms with Gasteiger partial charge in [-0.25, -0.2) is 4.98 Å². The van der Waals surface area contributed by atoms with Gasteiger partial charge >= 0.3 is 0 Å². The lowest BCUT2D eigenvalue weighted by Gasteiger charge is -2.12. The van der Waals surface area contributed by atoms with Crippen LogP contribution in [-0.4, -0.2) is 0 Å². The predicted octanol–water partition coefficient (Wildman–Crippen LogP) is 2.11. The van der Waals surface area contributed by atoms with Gasteiger partial charge in [0.2, 0.25) is 0 Å². The molecule has 1 rings (SSSR count). The third-order valence-corrected chi connectivity index (χ3v) is 1.77. The molecule has 1 heteroatoms. The highest BCUT2D eigenvalue weighted by Gasteiger charge is 2.19. The lowest BCUT2D eigenvalue weighted by Crippen LogP contribution is -2.23. The molecule has 0 atom stereocenters. The molecular weight excluding hydrogens is 134 g/mol. The molecule has 0 unspecified atom stereocenters. The summed E-state index contributed by atoms with van der Waals surface area (Å²) in [4.78, 5) is 3.25. The highest BCUT2D eigenvalue weighted by molar-refractivity contribution is 5.15. The van der Waals surface area contributed by atoms with Gasteiger partial charge in [-0.2, -0.15) is 0 Å². The van der Waals surface area contributed by atoms with Crippen molar-refractivity contribution in [2.75, 3.05) is 0 Å². The van der Waals surface area contributed by atoms with Gasteiger partial charge in [-0.05, 0) is 12.5 Å². The fourth-order valence-corrected chi connectivity index (χ4v) is 1.01. The van der Waals surface area contributed by atoms with Crippen LogP contribution in [0.2, 0.25) is 0 Å². The smallest absolute Gasteiger partial charge is 0.185 e. The average molecular weight is 150 g/mol. The Labute approximate surface area is 68.5 Å². The second-order valence-corrected chi connectivity index (χ2v) is 4.03. The molecule has 0 aliphatic rings. The molecule has 0 spiro atoms. The number of nitrogens with one attached hydrogen (secondary N) is 1. The average Bonchev–Trinajstić information content (AvgIpc) is 1.86. The Kier molecular flexibility index (Phi) is 1.99. The summed E-state index contributed by atoms with van der Waals surface area (Å²) >= 11 is 0. The van der Waals surface area contributed by atoms with Crippen molar-refractivity contribution in [3.63, 3.8) is 0 Å². The standard InChI is InChI=1S/C10H15N/c1-8-5-6-11-9(7-8)10(2,3)4/h5-7H,1-4H3/p+1. The van der Waals surface area contributed by atoms with Crippen LogP contribution in [0.15, 0.2) is 18.3 Å². The molecule has 0 amide bonds. The normalized spacial score (nSPS) is 11.6. The van der Waals surface area contributed by atoms with E-state index in [1.165, 1.54) is 11.3 Å². The number of rotatable bonds is 0. The van der Waals surface area contributed by atoms with Crippen molar-refractivity contribution >= 4 is 0 Å². The number of aromatic nitrogens is 1. The quantitative estimate of drug-likeness (QED) is 0.538. The lowest BCUT2D eigenvalue weighted by molar-refractivity contribution is -0.396. The zero-order valence-corrected chi connectivity index (χ0v) is 7.73. The Morgan fingerprint density at radius 2 is 1.91 bits per heavy atom. The fourth-order valence-electron chi connectivity index (χ4n) is 1.01. The van der Waals surface area contributed by atoms with Gasteiger partial charge in [-0.3, -0.25) is 0 Å². The van der Waals surface area contributed by atoms with E-state index in [0.29, 0.717) is 0 Å². The van der Waals surface area contributed by atoms with Crippen LogP contribution in [0.5, 0.6) is 0 Å². The highest BCUT2D eigenvalue weighted by Crippen LogP contribution is 2.17. The van der Waals surface area contributed by atoms with Crippen molar-refractivity contribution in [2.45, 2.75) is 33.1 Å². The predicted molar refractivity (Wildman–Crippen MR) is 46.4 cm³/mol. The summed E-state index contributed by atoms with van der Waals surface area (Å²) in [5.41, 5.74) is 2.83. The van der Waals surface area contributed by atoms with E-state index in [1.54, 1.807) is 0 Å². The minimum atomic E-state index is 0.228. The first-order valence-electron chi connectivity index (χ1n) is 3.99.